The van der Waals surface area contributed by atoms with Gasteiger partial charge in [0.25, 0.3) is 5.91 Å². The summed E-state index contributed by atoms with van der Waals surface area (Å²) in [4.78, 5) is 22.2. The molecule has 1 N–H and O–H groups in total. The number of benzene rings is 1. The van der Waals surface area contributed by atoms with Gasteiger partial charge in [0.2, 0.25) is 0 Å². The molecule has 0 aliphatic heterocycles. The maximum absolute atomic E-state index is 11.9. The standard InChI is InChI=1S/C15H18N2O4/c1-4-15(5-2,6-3)16-14(18)11-21-13-10-8-7-9-12(13)17(19)20/h1,7-10H,5-6,11H2,2-3H3,(H,16,18). The average Bonchev–Trinajstić information content (AvgIpc) is 2.51. The van der Waals surface area contributed by atoms with Gasteiger partial charge in [0.1, 0.15) is 5.54 Å². The molecule has 0 fully saturated rings. The molecule has 0 aromatic heterocycles. The van der Waals surface area contributed by atoms with Gasteiger partial charge in [-0.05, 0) is 18.9 Å². The molecule has 0 heterocycles. The first-order chi connectivity index (χ1) is 9.98. The molecule has 0 saturated carbocycles. The van der Waals surface area contributed by atoms with Gasteiger partial charge in [0.15, 0.2) is 12.4 Å². The molecule has 1 amide bonds. The number of nitrogens with zero attached hydrogens (tertiary/aromatic N) is 1. The minimum absolute atomic E-state index is 0.0527. The topological polar surface area (TPSA) is 81.5 Å². The number of para-hydroxylation sites is 2. The lowest BCUT2D eigenvalue weighted by Gasteiger charge is -2.26. The highest BCUT2D eigenvalue weighted by atomic mass is 16.6. The van der Waals surface area contributed by atoms with Gasteiger partial charge in [0, 0.05) is 6.07 Å². The molecule has 0 aliphatic rings. The van der Waals surface area contributed by atoms with Crippen molar-refractivity contribution in [1.82, 2.24) is 5.32 Å². The number of nitro groups is 1. The van der Waals surface area contributed by atoms with Crippen LogP contribution in [0, 0.1) is 22.5 Å². The third kappa shape index (κ3) is 4.21. The van der Waals surface area contributed by atoms with Crippen LogP contribution < -0.4 is 10.1 Å². The number of carbonyl (C=O) groups excluding carboxylic acids is 1. The molecule has 0 aliphatic carbocycles. The van der Waals surface area contributed by atoms with E-state index in [1.807, 2.05) is 13.8 Å². The number of carbonyl (C=O) groups is 1. The van der Waals surface area contributed by atoms with E-state index in [9.17, 15) is 14.9 Å². The van der Waals surface area contributed by atoms with Crippen molar-refractivity contribution < 1.29 is 14.5 Å². The van der Waals surface area contributed by atoms with E-state index in [4.69, 9.17) is 11.2 Å². The summed E-state index contributed by atoms with van der Waals surface area (Å²) in [6.45, 7) is 3.44. The van der Waals surface area contributed by atoms with E-state index in [-0.39, 0.29) is 18.0 Å². The minimum Gasteiger partial charge on any atom is -0.477 e. The Kier molecular flexibility index (Phi) is 5.73. The van der Waals surface area contributed by atoms with Crippen LogP contribution >= 0.6 is 0 Å². The Morgan fingerprint density at radius 3 is 2.57 bits per heavy atom. The van der Waals surface area contributed by atoms with E-state index in [0.717, 1.165) is 0 Å². The van der Waals surface area contributed by atoms with E-state index in [0.29, 0.717) is 12.8 Å². The Bertz CT molecular complexity index is 559. The van der Waals surface area contributed by atoms with Crippen LogP contribution in [-0.2, 0) is 4.79 Å². The third-order valence-electron chi connectivity index (χ3n) is 3.28. The molecule has 0 atom stereocenters. The fourth-order valence-electron chi connectivity index (χ4n) is 1.84. The summed E-state index contributed by atoms with van der Waals surface area (Å²) in [7, 11) is 0. The van der Waals surface area contributed by atoms with Crippen molar-refractivity contribution in [2.75, 3.05) is 6.61 Å². The molecule has 0 bridgehead atoms. The van der Waals surface area contributed by atoms with Gasteiger partial charge in [-0.3, -0.25) is 14.9 Å². The van der Waals surface area contributed by atoms with E-state index in [1.165, 1.54) is 18.2 Å². The predicted octanol–water partition coefficient (Wildman–Crippen LogP) is 2.28. The number of ether oxygens (including phenoxy) is 1. The highest BCUT2D eigenvalue weighted by molar-refractivity contribution is 5.79. The Balaban J connectivity index is 2.70. The van der Waals surface area contributed by atoms with Crippen LogP contribution in [0.25, 0.3) is 0 Å². The Labute approximate surface area is 123 Å². The Morgan fingerprint density at radius 2 is 2.05 bits per heavy atom. The van der Waals surface area contributed by atoms with E-state index in [1.54, 1.807) is 6.07 Å². The molecule has 1 rings (SSSR count). The van der Waals surface area contributed by atoms with Gasteiger partial charge in [-0.1, -0.05) is 31.9 Å². The summed E-state index contributed by atoms with van der Waals surface area (Å²) in [5.41, 5.74) is -0.886. The number of nitrogens with one attached hydrogen (secondary N) is 1. The Hall–Kier alpha value is -2.55. The van der Waals surface area contributed by atoms with E-state index < -0.39 is 16.4 Å². The fourth-order valence-corrected chi connectivity index (χ4v) is 1.84. The first kappa shape index (κ1) is 16.5. The van der Waals surface area contributed by atoms with Crippen molar-refractivity contribution in [2.24, 2.45) is 0 Å². The second-order valence-electron chi connectivity index (χ2n) is 4.50. The summed E-state index contributed by atoms with van der Waals surface area (Å²) in [6, 6.07) is 5.89. The van der Waals surface area contributed by atoms with Crippen molar-refractivity contribution >= 4 is 11.6 Å². The Morgan fingerprint density at radius 1 is 1.43 bits per heavy atom. The number of rotatable bonds is 7. The number of nitro benzene ring substituents is 1. The summed E-state index contributed by atoms with van der Waals surface area (Å²) >= 11 is 0. The van der Waals surface area contributed by atoms with Crippen molar-refractivity contribution in [2.45, 2.75) is 32.2 Å². The molecule has 21 heavy (non-hydrogen) atoms. The quantitative estimate of drug-likeness (QED) is 0.474. The SMILES string of the molecule is C#CC(CC)(CC)NC(=O)COc1ccccc1[N+](=O)[O-]. The molecule has 0 saturated heterocycles. The van der Waals surface area contributed by atoms with Gasteiger partial charge in [-0.2, -0.15) is 0 Å². The first-order valence-electron chi connectivity index (χ1n) is 6.63. The van der Waals surface area contributed by atoms with Gasteiger partial charge < -0.3 is 10.1 Å². The maximum atomic E-state index is 11.9. The number of terminal acetylenes is 1. The van der Waals surface area contributed by atoms with Gasteiger partial charge >= 0.3 is 5.69 Å². The summed E-state index contributed by atoms with van der Waals surface area (Å²) in [6.07, 6.45) is 6.64. The van der Waals surface area contributed by atoms with E-state index >= 15 is 0 Å². The second-order valence-corrected chi connectivity index (χ2v) is 4.50. The zero-order chi connectivity index (χ0) is 15.9. The van der Waals surface area contributed by atoms with Crippen LogP contribution in [0.3, 0.4) is 0 Å². The molecular formula is C15H18N2O4. The third-order valence-corrected chi connectivity index (χ3v) is 3.28. The van der Waals surface area contributed by atoms with Crippen LogP contribution in [0.15, 0.2) is 24.3 Å². The van der Waals surface area contributed by atoms with Gasteiger partial charge in [-0.15, -0.1) is 6.42 Å². The zero-order valence-corrected chi connectivity index (χ0v) is 12.1. The molecule has 0 radical (unpaired) electrons. The zero-order valence-electron chi connectivity index (χ0n) is 12.1. The van der Waals surface area contributed by atoms with Crippen molar-refractivity contribution in [1.29, 1.82) is 0 Å². The lowest BCUT2D eigenvalue weighted by Crippen LogP contribution is -2.48. The smallest absolute Gasteiger partial charge is 0.310 e. The average molecular weight is 290 g/mol. The molecular weight excluding hydrogens is 272 g/mol. The predicted molar refractivity (Wildman–Crippen MR) is 78.9 cm³/mol. The summed E-state index contributed by atoms with van der Waals surface area (Å²) in [5, 5.41) is 13.6. The summed E-state index contributed by atoms with van der Waals surface area (Å²) in [5.74, 6) is 2.22. The van der Waals surface area contributed by atoms with Crippen LogP contribution in [0.2, 0.25) is 0 Å². The molecule has 1 aromatic carbocycles. The lowest BCUT2D eigenvalue weighted by molar-refractivity contribution is -0.385. The van der Waals surface area contributed by atoms with Crippen molar-refractivity contribution in [3.63, 3.8) is 0 Å². The highest BCUT2D eigenvalue weighted by Crippen LogP contribution is 2.25. The van der Waals surface area contributed by atoms with Crippen LogP contribution in [0.5, 0.6) is 5.75 Å². The first-order valence-corrected chi connectivity index (χ1v) is 6.63. The van der Waals surface area contributed by atoms with Crippen LogP contribution in [-0.4, -0.2) is 23.0 Å². The van der Waals surface area contributed by atoms with Crippen molar-refractivity contribution in [3.8, 4) is 18.1 Å². The normalized spacial score (nSPS) is 10.5. The van der Waals surface area contributed by atoms with Gasteiger partial charge in [0.05, 0.1) is 4.92 Å². The monoisotopic (exact) mass is 290 g/mol. The largest absolute Gasteiger partial charge is 0.477 e. The van der Waals surface area contributed by atoms with Crippen molar-refractivity contribution in [3.05, 3.63) is 34.4 Å². The molecule has 0 unspecified atom stereocenters. The molecule has 0 spiro atoms. The fraction of sp³-hybridized carbons (Fsp3) is 0.400. The molecule has 6 nitrogen and oxygen atoms in total. The number of amides is 1. The lowest BCUT2D eigenvalue weighted by atomic mass is 9.94. The molecule has 6 heteroatoms. The number of hydrogen-bond acceptors (Lipinski definition) is 4. The minimum atomic E-state index is -0.705. The highest BCUT2D eigenvalue weighted by Gasteiger charge is 2.25. The molecule has 1 aromatic rings. The van der Waals surface area contributed by atoms with E-state index in [2.05, 4.69) is 11.2 Å². The van der Waals surface area contributed by atoms with Gasteiger partial charge in [-0.25, -0.2) is 0 Å². The van der Waals surface area contributed by atoms with Crippen LogP contribution in [0.1, 0.15) is 26.7 Å². The van der Waals surface area contributed by atoms with Crippen LogP contribution in [0.4, 0.5) is 5.69 Å². The maximum Gasteiger partial charge on any atom is 0.310 e. The number of hydrogen-bond donors (Lipinski definition) is 1. The summed E-state index contributed by atoms with van der Waals surface area (Å²) < 4.78 is 5.22. The second kappa shape index (κ2) is 7.29. The molecule has 112 valence electrons.